The SMILES string of the molecule is Cc1c(I)c(C)c(S(=O)(=O)F)c(C)c1CN=[N+]=[N-]. The molecule has 98 valence electrons. The van der Waals surface area contributed by atoms with Gasteiger partial charge in [-0.2, -0.15) is 8.42 Å². The largest absolute Gasteiger partial charge is 0.332 e. The lowest BCUT2D eigenvalue weighted by atomic mass is 10.00. The van der Waals surface area contributed by atoms with E-state index in [2.05, 4.69) is 10.0 Å². The van der Waals surface area contributed by atoms with Gasteiger partial charge in [-0.25, -0.2) is 0 Å². The molecule has 1 aromatic carbocycles. The van der Waals surface area contributed by atoms with Crippen LogP contribution in [0, 0.1) is 24.3 Å². The second-order valence-electron chi connectivity index (χ2n) is 3.82. The average molecular weight is 383 g/mol. The molecule has 0 aromatic heterocycles. The molecule has 1 rings (SSSR count). The third-order valence-corrected chi connectivity index (χ3v) is 5.50. The first kappa shape index (κ1) is 15.2. The van der Waals surface area contributed by atoms with Crippen LogP contribution >= 0.6 is 22.6 Å². The summed E-state index contributed by atoms with van der Waals surface area (Å²) in [7, 11) is -4.79. The zero-order chi connectivity index (χ0) is 14.1. The van der Waals surface area contributed by atoms with Crippen molar-refractivity contribution in [1.29, 1.82) is 0 Å². The van der Waals surface area contributed by atoms with Gasteiger partial charge in [-0.1, -0.05) is 5.11 Å². The summed E-state index contributed by atoms with van der Waals surface area (Å²) in [4.78, 5) is 2.32. The maximum absolute atomic E-state index is 13.3. The fourth-order valence-electron chi connectivity index (χ4n) is 1.92. The molecule has 0 atom stereocenters. The van der Waals surface area contributed by atoms with E-state index in [0.29, 0.717) is 20.3 Å². The molecule has 0 bridgehead atoms. The van der Waals surface area contributed by atoms with Gasteiger partial charge in [0.2, 0.25) is 0 Å². The van der Waals surface area contributed by atoms with Gasteiger partial charge in [0, 0.05) is 8.48 Å². The van der Waals surface area contributed by atoms with Crippen molar-refractivity contribution in [2.24, 2.45) is 5.11 Å². The van der Waals surface area contributed by atoms with Gasteiger partial charge >= 0.3 is 10.2 Å². The lowest BCUT2D eigenvalue weighted by Crippen LogP contribution is -2.07. The van der Waals surface area contributed by atoms with Crippen LogP contribution in [0.3, 0.4) is 0 Å². The number of halogens is 2. The average Bonchev–Trinajstić information content (AvgIpc) is 2.24. The van der Waals surface area contributed by atoms with Crippen LogP contribution < -0.4 is 0 Å². The Hall–Kier alpha value is -0.860. The predicted molar refractivity (Wildman–Crippen MR) is 74.5 cm³/mol. The highest BCUT2D eigenvalue weighted by molar-refractivity contribution is 14.1. The lowest BCUT2D eigenvalue weighted by molar-refractivity contribution is 0.550. The highest BCUT2D eigenvalue weighted by Crippen LogP contribution is 2.32. The van der Waals surface area contributed by atoms with E-state index < -0.39 is 10.2 Å². The smallest absolute Gasteiger partial charge is 0.189 e. The fourth-order valence-corrected chi connectivity index (χ4v) is 3.65. The van der Waals surface area contributed by atoms with Crippen molar-refractivity contribution in [1.82, 2.24) is 0 Å². The molecule has 0 spiro atoms. The second-order valence-corrected chi connectivity index (χ2v) is 6.19. The Bertz CT molecular complexity index is 652. The number of hydrogen-bond donors (Lipinski definition) is 0. The Labute approximate surface area is 118 Å². The van der Waals surface area contributed by atoms with Gasteiger partial charge < -0.3 is 0 Å². The van der Waals surface area contributed by atoms with Gasteiger partial charge in [0.1, 0.15) is 4.90 Å². The summed E-state index contributed by atoms with van der Waals surface area (Å²) in [5.74, 6) is 0. The van der Waals surface area contributed by atoms with Crippen LogP contribution in [0.25, 0.3) is 10.4 Å². The van der Waals surface area contributed by atoms with E-state index in [-0.39, 0.29) is 11.4 Å². The minimum absolute atomic E-state index is 0.00691. The highest BCUT2D eigenvalue weighted by Gasteiger charge is 2.24. The molecule has 0 saturated heterocycles. The quantitative estimate of drug-likeness (QED) is 0.262. The van der Waals surface area contributed by atoms with Crippen LogP contribution in [-0.2, 0) is 16.8 Å². The molecule has 0 aliphatic rings. The van der Waals surface area contributed by atoms with Crippen molar-refractivity contribution in [3.05, 3.63) is 36.3 Å². The van der Waals surface area contributed by atoms with Gasteiger partial charge in [0.25, 0.3) is 0 Å². The van der Waals surface area contributed by atoms with E-state index in [1.54, 1.807) is 13.8 Å². The number of azide groups is 1. The molecule has 0 heterocycles. The Balaban J connectivity index is 3.76. The van der Waals surface area contributed by atoms with Crippen molar-refractivity contribution < 1.29 is 12.3 Å². The van der Waals surface area contributed by atoms with Crippen LogP contribution in [-0.4, -0.2) is 8.42 Å². The molecule has 0 amide bonds. The van der Waals surface area contributed by atoms with Gasteiger partial charge in [-0.15, -0.1) is 3.89 Å². The monoisotopic (exact) mass is 383 g/mol. The van der Waals surface area contributed by atoms with E-state index in [0.717, 1.165) is 5.56 Å². The zero-order valence-corrected chi connectivity index (χ0v) is 13.0. The first-order chi connectivity index (χ1) is 8.21. The minimum atomic E-state index is -4.79. The van der Waals surface area contributed by atoms with Crippen molar-refractivity contribution in [3.63, 3.8) is 0 Å². The summed E-state index contributed by atoms with van der Waals surface area (Å²) in [6, 6.07) is 0. The predicted octanol–water partition coefficient (Wildman–Crippen LogP) is 3.68. The Morgan fingerprint density at radius 1 is 1.28 bits per heavy atom. The number of nitrogens with zero attached hydrogens (tertiary/aromatic N) is 3. The summed E-state index contributed by atoms with van der Waals surface area (Å²) in [5.41, 5.74) is 10.4. The summed E-state index contributed by atoms with van der Waals surface area (Å²) in [5, 5.41) is 3.42. The van der Waals surface area contributed by atoms with E-state index in [4.69, 9.17) is 5.53 Å². The molecule has 18 heavy (non-hydrogen) atoms. The van der Waals surface area contributed by atoms with Crippen LogP contribution in [0.4, 0.5) is 3.89 Å². The van der Waals surface area contributed by atoms with E-state index >= 15 is 0 Å². The maximum Gasteiger partial charge on any atom is 0.332 e. The Morgan fingerprint density at radius 3 is 2.28 bits per heavy atom. The molecule has 1 aromatic rings. The van der Waals surface area contributed by atoms with Crippen molar-refractivity contribution >= 4 is 32.8 Å². The molecular weight excluding hydrogens is 372 g/mol. The zero-order valence-electron chi connectivity index (χ0n) is 10.0. The van der Waals surface area contributed by atoms with Crippen molar-refractivity contribution in [2.75, 3.05) is 0 Å². The van der Waals surface area contributed by atoms with Crippen molar-refractivity contribution in [3.8, 4) is 0 Å². The lowest BCUT2D eigenvalue weighted by Gasteiger charge is -2.16. The maximum atomic E-state index is 13.3. The van der Waals surface area contributed by atoms with Gasteiger partial charge in [0.05, 0.1) is 6.54 Å². The third-order valence-electron chi connectivity index (χ3n) is 2.78. The molecular formula is C10H11FIN3O2S. The first-order valence-corrected chi connectivity index (χ1v) is 7.41. The third kappa shape index (κ3) is 2.76. The molecule has 0 aliphatic heterocycles. The van der Waals surface area contributed by atoms with Crippen LogP contribution in [0.5, 0.6) is 0 Å². The topological polar surface area (TPSA) is 82.9 Å². The van der Waals surface area contributed by atoms with Gasteiger partial charge in [0.15, 0.2) is 0 Å². The molecule has 0 N–H and O–H groups in total. The number of benzene rings is 1. The molecule has 0 saturated carbocycles. The summed E-state index contributed by atoms with van der Waals surface area (Å²) >= 11 is 1.96. The van der Waals surface area contributed by atoms with E-state index in [9.17, 15) is 12.3 Å². The van der Waals surface area contributed by atoms with Gasteiger partial charge in [-0.05, 0) is 71.1 Å². The number of hydrogen-bond acceptors (Lipinski definition) is 3. The molecule has 0 radical (unpaired) electrons. The van der Waals surface area contributed by atoms with Gasteiger partial charge in [-0.3, -0.25) is 0 Å². The van der Waals surface area contributed by atoms with E-state index in [1.807, 2.05) is 22.6 Å². The van der Waals surface area contributed by atoms with Crippen LogP contribution in [0.15, 0.2) is 10.0 Å². The summed E-state index contributed by atoms with van der Waals surface area (Å²) < 4.78 is 36.4. The first-order valence-electron chi connectivity index (χ1n) is 4.95. The Morgan fingerprint density at radius 2 is 1.83 bits per heavy atom. The second kappa shape index (κ2) is 5.41. The standard InChI is InChI=1S/C10H11FIN3O2S/c1-5-8(4-14-15-13)6(2)10(18(11,16)17)7(3)9(5)12/h4H2,1-3H3. The molecule has 8 heteroatoms. The van der Waals surface area contributed by atoms with Crippen LogP contribution in [0.2, 0.25) is 0 Å². The van der Waals surface area contributed by atoms with Crippen molar-refractivity contribution in [2.45, 2.75) is 32.2 Å². The van der Waals surface area contributed by atoms with E-state index in [1.165, 1.54) is 6.92 Å². The molecule has 0 unspecified atom stereocenters. The molecule has 0 aliphatic carbocycles. The highest BCUT2D eigenvalue weighted by atomic mass is 127. The number of rotatable bonds is 3. The van der Waals surface area contributed by atoms with Crippen LogP contribution in [0.1, 0.15) is 22.3 Å². The summed E-state index contributed by atoms with van der Waals surface area (Å²) in [6.07, 6.45) is 0. The molecule has 5 nitrogen and oxygen atoms in total. The molecule has 0 fully saturated rings. The Kier molecular flexibility index (Phi) is 4.57. The normalized spacial score (nSPS) is 11.2. The fraction of sp³-hybridized carbons (Fsp3) is 0.400. The summed E-state index contributed by atoms with van der Waals surface area (Å²) in [6.45, 7) is 4.88. The minimum Gasteiger partial charge on any atom is -0.189 e.